The Morgan fingerprint density at radius 1 is 1.38 bits per heavy atom. The molecule has 0 heterocycles. The van der Waals surface area contributed by atoms with Crippen molar-refractivity contribution in [1.82, 2.24) is 4.31 Å². The Hall–Kier alpha value is -0.820. The summed E-state index contributed by atoms with van der Waals surface area (Å²) >= 11 is 0. The van der Waals surface area contributed by atoms with Crippen LogP contribution >= 0.6 is 0 Å². The average molecular weight is 251 g/mol. The number of amides is 1. The van der Waals surface area contributed by atoms with Crippen LogP contribution in [0.3, 0.4) is 0 Å². The lowest BCUT2D eigenvalue weighted by Crippen LogP contribution is -2.53. The average Bonchev–Trinajstić information content (AvgIpc) is 2.78. The van der Waals surface area contributed by atoms with Crippen LogP contribution in [-0.4, -0.2) is 45.9 Å². The van der Waals surface area contributed by atoms with E-state index in [1.807, 2.05) is 0 Å². The van der Waals surface area contributed by atoms with E-state index in [0.717, 1.165) is 0 Å². The maximum Gasteiger partial charge on any atom is 0.421 e. The van der Waals surface area contributed by atoms with Gasteiger partial charge in [0.25, 0.3) is 0 Å². The fraction of sp³-hybridized carbons (Fsp3) is 0.889. The van der Waals surface area contributed by atoms with E-state index in [2.05, 4.69) is 0 Å². The number of carbonyl (C=O) groups is 1. The largest absolute Gasteiger partial charge is 0.464 e. The van der Waals surface area contributed by atoms with Gasteiger partial charge < -0.3 is 10.2 Å². The van der Waals surface area contributed by atoms with Crippen molar-refractivity contribution in [2.45, 2.75) is 43.9 Å². The molecule has 0 unspecified atom stereocenters. The Labute approximate surface area is 94.9 Å². The number of carboxylic acid groups (broad SMARTS) is 1. The van der Waals surface area contributed by atoms with Crippen LogP contribution < -0.4 is 0 Å². The Morgan fingerprint density at radius 3 is 2.00 bits per heavy atom. The first-order valence-electron chi connectivity index (χ1n) is 4.97. The highest BCUT2D eigenvalue weighted by Gasteiger charge is 2.59. The number of hydrogen-bond acceptors (Lipinski definition) is 4. The molecule has 16 heavy (non-hydrogen) atoms. The molecule has 94 valence electrons. The predicted molar refractivity (Wildman–Crippen MR) is 57.6 cm³/mol. The SMILES string of the molecule is CC(C)(C)N(C(=O)O)S(=O)(=O)C1(CO)CC1. The number of sulfonamides is 1. The maximum atomic E-state index is 12.1. The lowest BCUT2D eigenvalue weighted by atomic mass is 10.1. The van der Waals surface area contributed by atoms with Crippen molar-refractivity contribution in [1.29, 1.82) is 0 Å². The van der Waals surface area contributed by atoms with Crippen molar-refractivity contribution in [3.8, 4) is 0 Å². The molecular weight excluding hydrogens is 234 g/mol. The number of aliphatic hydroxyl groups excluding tert-OH is 1. The van der Waals surface area contributed by atoms with Crippen LogP contribution in [0.15, 0.2) is 0 Å². The molecular formula is C9H17NO5S. The molecule has 1 fully saturated rings. The third-order valence-electron chi connectivity index (χ3n) is 2.67. The standard InChI is InChI=1S/C9H17NO5S/c1-8(2,3)10(7(12)13)16(14,15)9(6-11)4-5-9/h11H,4-6H2,1-3H3,(H,12,13). The van der Waals surface area contributed by atoms with Crippen LogP contribution in [-0.2, 0) is 10.0 Å². The van der Waals surface area contributed by atoms with Crippen molar-refractivity contribution in [3.05, 3.63) is 0 Å². The van der Waals surface area contributed by atoms with Crippen molar-refractivity contribution >= 4 is 16.1 Å². The second-order valence-electron chi connectivity index (χ2n) is 5.06. The maximum absolute atomic E-state index is 12.1. The van der Waals surface area contributed by atoms with Gasteiger partial charge in [-0.05, 0) is 33.6 Å². The molecule has 0 aromatic rings. The Kier molecular flexibility index (Phi) is 2.98. The first-order valence-corrected chi connectivity index (χ1v) is 6.41. The van der Waals surface area contributed by atoms with Crippen LogP contribution in [0.1, 0.15) is 33.6 Å². The summed E-state index contributed by atoms with van der Waals surface area (Å²) < 4.78 is 23.4. The highest BCUT2D eigenvalue weighted by Crippen LogP contribution is 2.46. The molecule has 1 rings (SSSR count). The van der Waals surface area contributed by atoms with Gasteiger partial charge in [0.15, 0.2) is 0 Å². The van der Waals surface area contributed by atoms with Gasteiger partial charge in [-0.25, -0.2) is 13.2 Å². The van der Waals surface area contributed by atoms with Gasteiger partial charge in [-0.3, -0.25) is 0 Å². The molecule has 2 N–H and O–H groups in total. The number of rotatable bonds is 3. The van der Waals surface area contributed by atoms with E-state index in [-0.39, 0.29) is 0 Å². The topological polar surface area (TPSA) is 94.9 Å². The highest BCUT2D eigenvalue weighted by atomic mass is 32.2. The molecule has 1 amide bonds. The molecule has 1 aliphatic carbocycles. The molecule has 0 aromatic carbocycles. The minimum atomic E-state index is -4.01. The van der Waals surface area contributed by atoms with E-state index < -0.39 is 33.0 Å². The third-order valence-corrected chi connectivity index (χ3v) is 5.48. The van der Waals surface area contributed by atoms with Gasteiger partial charge in [0.2, 0.25) is 10.0 Å². The van der Waals surface area contributed by atoms with Gasteiger partial charge in [-0.2, -0.15) is 4.31 Å². The summed E-state index contributed by atoms with van der Waals surface area (Å²) in [5, 5.41) is 18.1. The first-order chi connectivity index (χ1) is 7.08. The monoisotopic (exact) mass is 251 g/mol. The quantitative estimate of drug-likeness (QED) is 0.766. The summed E-state index contributed by atoms with van der Waals surface area (Å²) in [4.78, 5) is 11.0. The van der Waals surface area contributed by atoms with Gasteiger partial charge in [-0.15, -0.1) is 0 Å². The van der Waals surface area contributed by atoms with E-state index in [4.69, 9.17) is 10.2 Å². The molecule has 0 atom stereocenters. The number of aliphatic hydroxyl groups is 1. The summed E-state index contributed by atoms with van der Waals surface area (Å²) in [7, 11) is -4.01. The molecule has 6 nitrogen and oxygen atoms in total. The number of hydrogen-bond donors (Lipinski definition) is 2. The lowest BCUT2D eigenvalue weighted by molar-refractivity contribution is 0.144. The van der Waals surface area contributed by atoms with Gasteiger partial charge in [-0.1, -0.05) is 0 Å². The second-order valence-corrected chi connectivity index (χ2v) is 7.25. The molecule has 0 spiro atoms. The normalized spacial score (nSPS) is 19.2. The van der Waals surface area contributed by atoms with Crippen LogP contribution in [0.2, 0.25) is 0 Å². The minimum absolute atomic E-state index is 0.311. The zero-order valence-corrected chi connectivity index (χ0v) is 10.4. The molecule has 0 radical (unpaired) electrons. The van der Waals surface area contributed by atoms with Gasteiger partial charge in [0.05, 0.1) is 12.1 Å². The van der Waals surface area contributed by atoms with E-state index in [1.165, 1.54) is 20.8 Å². The first kappa shape index (κ1) is 13.2. The fourth-order valence-corrected chi connectivity index (χ4v) is 3.68. The van der Waals surface area contributed by atoms with Crippen LogP contribution in [0.4, 0.5) is 4.79 Å². The second kappa shape index (κ2) is 3.59. The van der Waals surface area contributed by atoms with Crippen molar-refractivity contribution in [2.24, 2.45) is 0 Å². The summed E-state index contributed by atoms with van der Waals surface area (Å²) in [5.41, 5.74) is -1.05. The molecule has 7 heteroatoms. The van der Waals surface area contributed by atoms with Crippen molar-refractivity contribution in [3.63, 3.8) is 0 Å². The Bertz CT molecular complexity index is 391. The zero-order valence-electron chi connectivity index (χ0n) is 9.60. The van der Waals surface area contributed by atoms with Crippen LogP contribution in [0.25, 0.3) is 0 Å². The van der Waals surface area contributed by atoms with E-state index in [1.54, 1.807) is 0 Å². The summed E-state index contributed by atoms with van der Waals surface area (Å²) in [5.74, 6) is 0. The van der Waals surface area contributed by atoms with Crippen molar-refractivity contribution in [2.75, 3.05) is 6.61 Å². The minimum Gasteiger partial charge on any atom is -0.464 e. The Morgan fingerprint density at radius 2 is 1.81 bits per heavy atom. The molecule has 0 bridgehead atoms. The molecule has 0 aromatic heterocycles. The molecule has 0 saturated heterocycles. The van der Waals surface area contributed by atoms with Gasteiger partial charge in [0, 0.05) is 0 Å². The predicted octanol–water partition coefficient (Wildman–Crippen LogP) is 0.620. The molecule has 0 aliphatic heterocycles. The van der Waals surface area contributed by atoms with Gasteiger partial charge >= 0.3 is 6.09 Å². The van der Waals surface area contributed by atoms with Gasteiger partial charge in [0.1, 0.15) is 4.75 Å². The highest BCUT2D eigenvalue weighted by molar-refractivity contribution is 7.91. The molecule has 1 saturated carbocycles. The zero-order chi connectivity index (χ0) is 12.8. The Balaban J connectivity index is 3.20. The number of nitrogens with zero attached hydrogens (tertiary/aromatic N) is 1. The summed E-state index contributed by atoms with van der Waals surface area (Å²) in [6, 6.07) is 0. The fourth-order valence-electron chi connectivity index (χ4n) is 1.58. The summed E-state index contributed by atoms with van der Waals surface area (Å²) in [6.07, 6.45) is -0.885. The van der Waals surface area contributed by atoms with E-state index in [0.29, 0.717) is 17.1 Å². The molecule has 1 aliphatic rings. The smallest absolute Gasteiger partial charge is 0.421 e. The van der Waals surface area contributed by atoms with Crippen LogP contribution in [0.5, 0.6) is 0 Å². The third kappa shape index (κ3) is 1.89. The van der Waals surface area contributed by atoms with Crippen molar-refractivity contribution < 1.29 is 23.4 Å². The van der Waals surface area contributed by atoms with E-state index >= 15 is 0 Å². The van der Waals surface area contributed by atoms with E-state index in [9.17, 15) is 13.2 Å². The lowest BCUT2D eigenvalue weighted by Gasteiger charge is -2.34. The van der Waals surface area contributed by atoms with Crippen LogP contribution in [0, 0.1) is 0 Å². The summed E-state index contributed by atoms with van der Waals surface area (Å²) in [6.45, 7) is 3.99.